The average Bonchev–Trinajstić information content (AvgIpc) is 2.24. The van der Waals surface area contributed by atoms with Crippen LogP contribution in [0.1, 0.15) is 18.0 Å². The van der Waals surface area contributed by atoms with Gasteiger partial charge in [-0.25, -0.2) is 8.78 Å². The molecular weight excluding hydrogens is 202 g/mol. The summed E-state index contributed by atoms with van der Waals surface area (Å²) in [4.78, 5) is 0. The first-order valence-electron chi connectivity index (χ1n) is 4.59. The predicted octanol–water partition coefficient (Wildman–Crippen LogP) is 1.51. The number of methoxy groups -OCH3 is 1. The fourth-order valence-electron chi connectivity index (χ4n) is 1.35. The molecule has 0 saturated heterocycles. The molecule has 0 saturated carbocycles. The Bertz CT molecular complexity index is 320. The van der Waals surface area contributed by atoms with Gasteiger partial charge in [-0.3, -0.25) is 11.3 Å². The molecule has 0 aliphatic heterocycles. The van der Waals surface area contributed by atoms with Crippen molar-refractivity contribution in [3.63, 3.8) is 0 Å². The molecule has 0 radical (unpaired) electrons. The normalized spacial score (nSPS) is 12.8. The second kappa shape index (κ2) is 5.75. The second-order valence-corrected chi connectivity index (χ2v) is 3.17. The van der Waals surface area contributed by atoms with E-state index in [1.54, 1.807) is 0 Å². The van der Waals surface area contributed by atoms with Crippen LogP contribution >= 0.6 is 0 Å². The predicted molar refractivity (Wildman–Crippen MR) is 52.9 cm³/mol. The van der Waals surface area contributed by atoms with E-state index < -0.39 is 17.7 Å². The topological polar surface area (TPSA) is 47.3 Å². The highest BCUT2D eigenvalue weighted by Crippen LogP contribution is 2.20. The smallest absolute Gasteiger partial charge is 0.128 e. The molecule has 3 N–H and O–H groups in total. The number of nitrogens with one attached hydrogen (secondary N) is 1. The number of hydrogen-bond donors (Lipinski definition) is 2. The van der Waals surface area contributed by atoms with Gasteiger partial charge < -0.3 is 4.74 Å². The summed E-state index contributed by atoms with van der Waals surface area (Å²) in [5, 5.41) is 0. The first-order valence-corrected chi connectivity index (χ1v) is 4.59. The van der Waals surface area contributed by atoms with E-state index in [2.05, 4.69) is 5.43 Å². The van der Waals surface area contributed by atoms with Crippen molar-refractivity contribution in [3.8, 4) is 0 Å². The fraction of sp³-hybridized carbons (Fsp3) is 0.400. The Morgan fingerprint density at radius 3 is 2.80 bits per heavy atom. The maximum Gasteiger partial charge on any atom is 0.128 e. The molecular formula is C10H14F2N2O. The molecule has 0 aromatic heterocycles. The van der Waals surface area contributed by atoms with Gasteiger partial charge in [0.15, 0.2) is 0 Å². The molecule has 0 amide bonds. The molecule has 1 unspecified atom stereocenters. The lowest BCUT2D eigenvalue weighted by Gasteiger charge is -2.16. The van der Waals surface area contributed by atoms with Crippen molar-refractivity contribution >= 4 is 0 Å². The van der Waals surface area contributed by atoms with E-state index in [1.807, 2.05) is 0 Å². The Balaban J connectivity index is 2.85. The molecule has 1 aromatic rings. The Hall–Kier alpha value is -1.04. The largest absolute Gasteiger partial charge is 0.385 e. The zero-order valence-corrected chi connectivity index (χ0v) is 8.47. The Labute approximate surface area is 87.2 Å². The van der Waals surface area contributed by atoms with Crippen LogP contribution in [0.15, 0.2) is 18.2 Å². The quantitative estimate of drug-likeness (QED) is 0.579. The maximum atomic E-state index is 13.3. The van der Waals surface area contributed by atoms with Gasteiger partial charge in [-0.1, -0.05) is 0 Å². The summed E-state index contributed by atoms with van der Waals surface area (Å²) in [5.41, 5.74) is 2.65. The summed E-state index contributed by atoms with van der Waals surface area (Å²) in [6, 6.07) is 2.85. The van der Waals surface area contributed by atoms with Crippen molar-refractivity contribution in [3.05, 3.63) is 35.4 Å². The number of benzene rings is 1. The molecule has 1 aromatic carbocycles. The van der Waals surface area contributed by atoms with Crippen molar-refractivity contribution in [2.24, 2.45) is 5.84 Å². The van der Waals surface area contributed by atoms with E-state index in [-0.39, 0.29) is 5.56 Å². The van der Waals surface area contributed by atoms with Crippen LogP contribution in [0.25, 0.3) is 0 Å². The Morgan fingerprint density at radius 1 is 1.47 bits per heavy atom. The van der Waals surface area contributed by atoms with E-state index in [9.17, 15) is 8.78 Å². The minimum atomic E-state index is -0.482. The molecule has 0 fully saturated rings. The number of nitrogens with two attached hydrogens (primary N) is 1. The van der Waals surface area contributed by atoms with Crippen LogP contribution in [0.5, 0.6) is 0 Å². The van der Waals surface area contributed by atoms with E-state index in [1.165, 1.54) is 7.11 Å². The molecule has 1 atom stereocenters. The van der Waals surface area contributed by atoms with Crippen molar-refractivity contribution in [1.29, 1.82) is 0 Å². The van der Waals surface area contributed by atoms with Gasteiger partial charge in [0, 0.05) is 19.3 Å². The molecule has 84 valence electrons. The van der Waals surface area contributed by atoms with Crippen molar-refractivity contribution in [1.82, 2.24) is 5.43 Å². The maximum absolute atomic E-state index is 13.3. The lowest BCUT2D eigenvalue weighted by molar-refractivity contribution is 0.182. The summed E-state index contributed by atoms with van der Waals surface area (Å²) in [5.74, 6) is 4.31. The first-order chi connectivity index (χ1) is 7.19. The van der Waals surface area contributed by atoms with Gasteiger partial charge in [-0.15, -0.1) is 0 Å². The zero-order chi connectivity index (χ0) is 11.3. The van der Waals surface area contributed by atoms with Crippen LogP contribution in [0, 0.1) is 11.6 Å². The average molecular weight is 216 g/mol. The molecule has 15 heavy (non-hydrogen) atoms. The van der Waals surface area contributed by atoms with E-state index >= 15 is 0 Å². The van der Waals surface area contributed by atoms with Gasteiger partial charge in [0.1, 0.15) is 11.6 Å². The highest BCUT2D eigenvalue weighted by Gasteiger charge is 2.14. The molecule has 0 aliphatic rings. The lowest BCUT2D eigenvalue weighted by atomic mass is 10.0. The van der Waals surface area contributed by atoms with Crippen LogP contribution in [0.3, 0.4) is 0 Å². The van der Waals surface area contributed by atoms with E-state index in [0.29, 0.717) is 13.0 Å². The van der Waals surface area contributed by atoms with Gasteiger partial charge in [0.25, 0.3) is 0 Å². The SMILES string of the molecule is COCCC(NN)c1cc(F)ccc1F. The number of hydrogen-bond acceptors (Lipinski definition) is 3. The molecule has 5 heteroatoms. The first kappa shape index (κ1) is 12.0. The number of halogens is 2. The molecule has 0 aliphatic carbocycles. The monoisotopic (exact) mass is 216 g/mol. The zero-order valence-electron chi connectivity index (χ0n) is 8.47. The van der Waals surface area contributed by atoms with Gasteiger partial charge >= 0.3 is 0 Å². The van der Waals surface area contributed by atoms with Crippen molar-refractivity contribution in [2.45, 2.75) is 12.5 Å². The highest BCUT2D eigenvalue weighted by molar-refractivity contribution is 5.22. The standard InChI is InChI=1S/C10H14F2N2O/c1-15-5-4-10(14-13)8-6-7(11)2-3-9(8)12/h2-3,6,10,14H,4-5,13H2,1H3. The van der Waals surface area contributed by atoms with E-state index in [4.69, 9.17) is 10.6 Å². The summed E-state index contributed by atoms with van der Waals surface area (Å²) < 4.78 is 31.1. The molecule has 1 rings (SSSR count). The van der Waals surface area contributed by atoms with Crippen molar-refractivity contribution < 1.29 is 13.5 Å². The second-order valence-electron chi connectivity index (χ2n) is 3.17. The molecule has 3 nitrogen and oxygen atoms in total. The van der Waals surface area contributed by atoms with Crippen LogP contribution in [-0.2, 0) is 4.74 Å². The minimum absolute atomic E-state index is 0.217. The van der Waals surface area contributed by atoms with Crippen LogP contribution in [-0.4, -0.2) is 13.7 Å². The van der Waals surface area contributed by atoms with Crippen molar-refractivity contribution in [2.75, 3.05) is 13.7 Å². The summed E-state index contributed by atoms with van der Waals surface area (Å²) in [6.07, 6.45) is 0.480. The molecule has 0 bridgehead atoms. The number of rotatable bonds is 5. The number of ether oxygens (including phenoxy) is 1. The third kappa shape index (κ3) is 3.23. The lowest BCUT2D eigenvalue weighted by Crippen LogP contribution is -2.29. The minimum Gasteiger partial charge on any atom is -0.385 e. The third-order valence-electron chi connectivity index (χ3n) is 2.15. The summed E-state index contributed by atoms with van der Waals surface area (Å²) in [7, 11) is 1.54. The van der Waals surface area contributed by atoms with Crippen LogP contribution in [0.4, 0.5) is 8.78 Å². The Kier molecular flexibility index (Phi) is 4.61. The third-order valence-corrected chi connectivity index (χ3v) is 2.15. The van der Waals surface area contributed by atoms with Gasteiger partial charge in [0.2, 0.25) is 0 Å². The Morgan fingerprint density at radius 2 is 2.20 bits per heavy atom. The molecule has 0 heterocycles. The fourth-order valence-corrected chi connectivity index (χ4v) is 1.35. The van der Waals surface area contributed by atoms with Gasteiger partial charge in [-0.05, 0) is 24.6 Å². The van der Waals surface area contributed by atoms with Crippen LogP contribution < -0.4 is 11.3 Å². The molecule has 0 spiro atoms. The van der Waals surface area contributed by atoms with E-state index in [0.717, 1.165) is 18.2 Å². The van der Waals surface area contributed by atoms with Gasteiger partial charge in [0.05, 0.1) is 6.04 Å². The summed E-state index contributed by atoms with van der Waals surface area (Å²) >= 11 is 0. The number of hydrazine groups is 1. The van der Waals surface area contributed by atoms with Gasteiger partial charge in [-0.2, -0.15) is 0 Å². The highest BCUT2D eigenvalue weighted by atomic mass is 19.1. The summed E-state index contributed by atoms with van der Waals surface area (Å²) in [6.45, 7) is 0.421. The van der Waals surface area contributed by atoms with Crippen LogP contribution in [0.2, 0.25) is 0 Å².